The molecule has 1 aromatic heterocycles. The zero-order valence-corrected chi connectivity index (χ0v) is 9.49. The molecule has 0 saturated carbocycles. The topological polar surface area (TPSA) is 59.8 Å². The summed E-state index contributed by atoms with van der Waals surface area (Å²) >= 11 is 0. The second-order valence-electron chi connectivity index (χ2n) is 4.23. The van der Waals surface area contributed by atoms with Crippen molar-refractivity contribution in [1.82, 2.24) is 20.1 Å². The molecule has 2 rings (SSSR count). The number of nitrogens with zero attached hydrogens (tertiary/aromatic N) is 3. The molecule has 0 fully saturated rings. The maximum Gasteiger partial charge on any atom is 0.297 e. The molecule has 0 aliphatic carbocycles. The van der Waals surface area contributed by atoms with Crippen LogP contribution in [-0.2, 0) is 17.8 Å². The summed E-state index contributed by atoms with van der Waals surface area (Å²) in [5.41, 5.74) is 0. The van der Waals surface area contributed by atoms with Crippen LogP contribution in [0.1, 0.15) is 31.4 Å². The minimum atomic E-state index is -2.60. The number of alkyl halides is 2. The SMILES string of the molecule is CC(=O)NCC1CCc2nnc(C(F)F)n2C1. The number of aromatic nitrogens is 3. The van der Waals surface area contributed by atoms with Crippen molar-refractivity contribution < 1.29 is 13.6 Å². The maximum atomic E-state index is 12.6. The Bertz CT molecular complexity index is 418. The number of nitrogens with one attached hydrogen (secondary N) is 1. The first-order valence-corrected chi connectivity index (χ1v) is 5.52. The molecule has 0 bridgehead atoms. The van der Waals surface area contributed by atoms with Gasteiger partial charge in [-0.05, 0) is 12.3 Å². The number of fused-ring (bicyclic) bond motifs is 1. The van der Waals surface area contributed by atoms with E-state index in [1.54, 1.807) is 0 Å². The average Bonchev–Trinajstić information content (AvgIpc) is 2.69. The maximum absolute atomic E-state index is 12.6. The van der Waals surface area contributed by atoms with Crippen molar-refractivity contribution in [2.24, 2.45) is 5.92 Å². The summed E-state index contributed by atoms with van der Waals surface area (Å²) < 4.78 is 26.7. The fraction of sp³-hybridized carbons (Fsp3) is 0.700. The molecular formula is C10H14F2N4O. The molecule has 17 heavy (non-hydrogen) atoms. The molecule has 0 aromatic carbocycles. The van der Waals surface area contributed by atoms with E-state index >= 15 is 0 Å². The number of hydrogen-bond donors (Lipinski definition) is 1. The smallest absolute Gasteiger partial charge is 0.297 e. The highest BCUT2D eigenvalue weighted by Gasteiger charge is 2.26. The van der Waals surface area contributed by atoms with Crippen LogP contribution >= 0.6 is 0 Å². The highest BCUT2D eigenvalue weighted by atomic mass is 19.3. The van der Waals surface area contributed by atoms with Crippen LogP contribution in [0.15, 0.2) is 0 Å². The molecule has 1 unspecified atom stereocenters. The lowest BCUT2D eigenvalue weighted by Gasteiger charge is -2.24. The number of carbonyl (C=O) groups excluding carboxylic acids is 1. The number of halogens is 2. The van der Waals surface area contributed by atoms with Crippen molar-refractivity contribution in [3.63, 3.8) is 0 Å². The Morgan fingerprint density at radius 2 is 2.35 bits per heavy atom. The van der Waals surface area contributed by atoms with E-state index < -0.39 is 6.43 Å². The van der Waals surface area contributed by atoms with E-state index in [0.717, 1.165) is 6.42 Å². The van der Waals surface area contributed by atoms with Crippen LogP contribution in [0.5, 0.6) is 0 Å². The molecule has 1 amide bonds. The first-order valence-electron chi connectivity index (χ1n) is 5.52. The van der Waals surface area contributed by atoms with Crippen molar-refractivity contribution >= 4 is 5.91 Å². The van der Waals surface area contributed by atoms with E-state index in [9.17, 15) is 13.6 Å². The van der Waals surface area contributed by atoms with E-state index in [4.69, 9.17) is 0 Å². The molecule has 2 heterocycles. The molecule has 1 aliphatic heterocycles. The Morgan fingerprint density at radius 3 is 3.00 bits per heavy atom. The summed E-state index contributed by atoms with van der Waals surface area (Å²) in [4.78, 5) is 10.8. The van der Waals surface area contributed by atoms with Gasteiger partial charge in [0.1, 0.15) is 5.82 Å². The predicted octanol–water partition coefficient (Wildman–Crippen LogP) is 0.914. The first-order chi connectivity index (χ1) is 8.08. The van der Waals surface area contributed by atoms with E-state index in [0.29, 0.717) is 25.3 Å². The lowest BCUT2D eigenvalue weighted by Crippen LogP contribution is -2.33. The zero-order valence-electron chi connectivity index (χ0n) is 9.49. The lowest BCUT2D eigenvalue weighted by molar-refractivity contribution is -0.119. The largest absolute Gasteiger partial charge is 0.356 e. The Hall–Kier alpha value is -1.53. The predicted molar refractivity (Wildman–Crippen MR) is 55.5 cm³/mol. The summed E-state index contributed by atoms with van der Waals surface area (Å²) in [5.74, 6) is 0.403. The third-order valence-electron chi connectivity index (χ3n) is 2.91. The van der Waals surface area contributed by atoms with Gasteiger partial charge in [0, 0.05) is 26.4 Å². The lowest BCUT2D eigenvalue weighted by atomic mass is 9.99. The van der Waals surface area contributed by atoms with Gasteiger partial charge in [-0.3, -0.25) is 4.79 Å². The molecule has 1 atom stereocenters. The van der Waals surface area contributed by atoms with Gasteiger partial charge in [-0.15, -0.1) is 10.2 Å². The van der Waals surface area contributed by atoms with Gasteiger partial charge in [0.15, 0.2) is 5.82 Å². The van der Waals surface area contributed by atoms with Crippen molar-refractivity contribution in [1.29, 1.82) is 0 Å². The van der Waals surface area contributed by atoms with Gasteiger partial charge in [-0.25, -0.2) is 8.78 Å². The van der Waals surface area contributed by atoms with E-state index in [1.165, 1.54) is 11.5 Å². The van der Waals surface area contributed by atoms with Gasteiger partial charge in [-0.1, -0.05) is 0 Å². The van der Waals surface area contributed by atoms with Gasteiger partial charge in [0.05, 0.1) is 0 Å². The summed E-state index contributed by atoms with van der Waals surface area (Å²) in [5, 5.41) is 9.96. The van der Waals surface area contributed by atoms with Crippen LogP contribution in [-0.4, -0.2) is 27.2 Å². The van der Waals surface area contributed by atoms with E-state index in [-0.39, 0.29) is 17.6 Å². The Labute approximate surface area is 97.2 Å². The van der Waals surface area contributed by atoms with Gasteiger partial charge < -0.3 is 9.88 Å². The Kier molecular flexibility index (Phi) is 3.35. The fourth-order valence-corrected chi connectivity index (χ4v) is 2.03. The number of hydrogen-bond acceptors (Lipinski definition) is 3. The molecule has 5 nitrogen and oxygen atoms in total. The van der Waals surface area contributed by atoms with Crippen LogP contribution in [0, 0.1) is 5.92 Å². The van der Waals surface area contributed by atoms with Gasteiger partial charge >= 0.3 is 0 Å². The van der Waals surface area contributed by atoms with Crippen LogP contribution < -0.4 is 5.32 Å². The molecule has 94 valence electrons. The fourth-order valence-electron chi connectivity index (χ4n) is 2.03. The summed E-state index contributed by atoms with van der Waals surface area (Å²) in [6.45, 7) is 2.40. The highest BCUT2D eigenvalue weighted by Crippen LogP contribution is 2.24. The number of carbonyl (C=O) groups is 1. The molecule has 0 radical (unpaired) electrons. The molecule has 1 aromatic rings. The molecule has 1 N–H and O–H groups in total. The molecule has 7 heteroatoms. The third kappa shape index (κ3) is 2.59. The van der Waals surface area contributed by atoms with E-state index in [2.05, 4.69) is 15.5 Å². The molecular weight excluding hydrogens is 230 g/mol. The monoisotopic (exact) mass is 244 g/mol. The normalized spacial score (nSPS) is 19.2. The van der Waals surface area contributed by atoms with Gasteiger partial charge in [0.2, 0.25) is 5.91 Å². The standard InChI is InChI=1S/C10H14F2N4O/c1-6(17)13-4-7-2-3-8-14-15-10(9(11)12)16(8)5-7/h7,9H,2-5H2,1H3,(H,13,17). The first kappa shape index (κ1) is 11.9. The highest BCUT2D eigenvalue weighted by molar-refractivity contribution is 5.72. The third-order valence-corrected chi connectivity index (χ3v) is 2.91. The molecule has 0 saturated heterocycles. The van der Waals surface area contributed by atoms with Crippen molar-refractivity contribution in [2.45, 2.75) is 32.7 Å². The number of aryl methyl sites for hydroxylation is 1. The number of rotatable bonds is 3. The number of amides is 1. The van der Waals surface area contributed by atoms with E-state index in [1.807, 2.05) is 0 Å². The van der Waals surface area contributed by atoms with Gasteiger partial charge in [-0.2, -0.15) is 0 Å². The van der Waals surface area contributed by atoms with Crippen LogP contribution in [0.4, 0.5) is 8.78 Å². The van der Waals surface area contributed by atoms with Crippen molar-refractivity contribution in [2.75, 3.05) is 6.54 Å². The van der Waals surface area contributed by atoms with Crippen LogP contribution in [0.3, 0.4) is 0 Å². The summed E-state index contributed by atoms with van der Waals surface area (Å²) in [6, 6.07) is 0. The minimum absolute atomic E-state index is 0.103. The van der Waals surface area contributed by atoms with Crippen molar-refractivity contribution in [3.05, 3.63) is 11.6 Å². The Balaban J connectivity index is 2.06. The quantitative estimate of drug-likeness (QED) is 0.859. The zero-order chi connectivity index (χ0) is 12.4. The Morgan fingerprint density at radius 1 is 1.59 bits per heavy atom. The average molecular weight is 244 g/mol. The van der Waals surface area contributed by atoms with Crippen LogP contribution in [0.25, 0.3) is 0 Å². The van der Waals surface area contributed by atoms with Gasteiger partial charge in [0.25, 0.3) is 6.43 Å². The molecule has 0 spiro atoms. The summed E-state index contributed by atoms with van der Waals surface area (Å²) in [6.07, 6.45) is -1.14. The second-order valence-corrected chi connectivity index (χ2v) is 4.23. The molecule has 1 aliphatic rings. The minimum Gasteiger partial charge on any atom is -0.356 e. The second kappa shape index (κ2) is 4.77. The van der Waals surface area contributed by atoms with Crippen LogP contribution in [0.2, 0.25) is 0 Å². The summed E-state index contributed by atoms with van der Waals surface area (Å²) in [7, 11) is 0. The van der Waals surface area contributed by atoms with Crippen molar-refractivity contribution in [3.8, 4) is 0 Å².